The highest BCUT2D eigenvalue weighted by atomic mass is 32.2. The van der Waals surface area contributed by atoms with Crippen molar-refractivity contribution >= 4 is 62.8 Å². The number of carbonyl (C=O) groups is 3. The first-order valence-corrected chi connectivity index (χ1v) is 24.5. The number of anilines is 1. The summed E-state index contributed by atoms with van der Waals surface area (Å²) in [7, 11) is 1.33. The van der Waals surface area contributed by atoms with E-state index < -0.39 is 40.8 Å². The number of aromatic hydroxyl groups is 2. The molecule has 10 rings (SSSR count). The van der Waals surface area contributed by atoms with E-state index in [0.717, 1.165) is 27.8 Å². The highest BCUT2D eigenvalue weighted by Crippen LogP contribution is 2.43. The predicted molar refractivity (Wildman–Crippen MR) is 274 cm³/mol. The Kier molecular flexibility index (Phi) is 13.2. The second-order valence-corrected chi connectivity index (χ2v) is 18.6. The third-order valence-electron chi connectivity index (χ3n) is 12.3. The summed E-state index contributed by atoms with van der Waals surface area (Å²) >= 11 is 2.68. The Labute approximate surface area is 416 Å². The Morgan fingerprint density at radius 3 is 1.97 bits per heavy atom. The molecule has 1 fully saturated rings. The van der Waals surface area contributed by atoms with E-state index in [2.05, 4.69) is 57.2 Å². The SMILES string of the molecule is CO/N=C(\C(=O)NC1C(=O)N2C(C(=O)OC(c3ccccc3)c3ccccc3)=C(/C=C/Cn3cnc4cc(O)c(O)cc43)CSC12)c1csc(NC(c2ccccc2)(c2ccccc2)c2ccccc2)n1. The maximum Gasteiger partial charge on any atom is 0.356 e. The molecular weight excluding hydrogens is 935 g/mol. The van der Waals surface area contributed by atoms with E-state index >= 15 is 0 Å². The Balaban J connectivity index is 0.931. The zero-order valence-electron chi connectivity index (χ0n) is 38.0. The molecule has 0 spiro atoms. The quantitative estimate of drug-likeness (QED) is 0.0181. The zero-order chi connectivity index (χ0) is 48.9. The first-order valence-electron chi connectivity index (χ1n) is 22.6. The molecule has 8 aromatic rings. The number of phenolic OH excluding ortho intramolecular Hbond substituents is 2. The van der Waals surface area contributed by atoms with Gasteiger partial charge in [-0.25, -0.2) is 14.8 Å². The lowest BCUT2D eigenvalue weighted by molar-refractivity contribution is -0.154. The molecule has 16 heteroatoms. The third-order valence-corrected chi connectivity index (χ3v) is 14.4. The van der Waals surface area contributed by atoms with Crippen LogP contribution in [-0.2, 0) is 36.0 Å². The van der Waals surface area contributed by atoms with Crippen molar-refractivity contribution in [3.05, 3.63) is 232 Å². The molecule has 2 aliphatic heterocycles. The average molecular weight is 980 g/mol. The van der Waals surface area contributed by atoms with Crippen LogP contribution in [0.15, 0.2) is 204 Å². The van der Waals surface area contributed by atoms with Gasteiger partial charge >= 0.3 is 5.97 Å². The zero-order valence-corrected chi connectivity index (χ0v) is 39.7. The number of allylic oxidation sites excluding steroid dienone is 2. The number of carbonyl (C=O) groups excluding carboxylic acids is 3. The number of rotatable bonds is 16. The molecule has 2 unspecified atom stereocenters. The molecule has 0 saturated carbocycles. The van der Waals surface area contributed by atoms with Crippen LogP contribution in [0.2, 0.25) is 0 Å². The Morgan fingerprint density at radius 2 is 1.39 bits per heavy atom. The number of hydrogen-bond acceptors (Lipinski definition) is 13. The van der Waals surface area contributed by atoms with Crippen LogP contribution in [0.25, 0.3) is 11.0 Å². The van der Waals surface area contributed by atoms with Crippen LogP contribution in [0.1, 0.15) is 39.6 Å². The summed E-state index contributed by atoms with van der Waals surface area (Å²) in [4.78, 5) is 59.3. The second-order valence-electron chi connectivity index (χ2n) is 16.6. The van der Waals surface area contributed by atoms with Gasteiger partial charge in [-0.3, -0.25) is 14.5 Å². The van der Waals surface area contributed by atoms with Crippen LogP contribution in [-0.4, -0.2) is 77.4 Å². The minimum atomic E-state index is -1.04. The van der Waals surface area contributed by atoms with Gasteiger partial charge in [0.15, 0.2) is 28.4 Å². The number of fused-ring (bicyclic) bond motifs is 2. The molecule has 2 atom stereocenters. The molecule has 0 aliphatic carbocycles. The molecule has 2 amide bonds. The molecule has 0 radical (unpaired) electrons. The smallest absolute Gasteiger partial charge is 0.356 e. The van der Waals surface area contributed by atoms with Gasteiger partial charge in [0, 0.05) is 29.8 Å². The van der Waals surface area contributed by atoms with E-state index in [-0.39, 0.29) is 40.9 Å². The number of β-lactam (4-membered cyclic amide) rings is 1. The number of nitrogens with one attached hydrogen (secondary N) is 2. The van der Waals surface area contributed by atoms with Crippen molar-refractivity contribution < 1.29 is 34.2 Å². The lowest BCUT2D eigenvalue weighted by Crippen LogP contribution is -2.71. The largest absolute Gasteiger partial charge is 0.504 e. The van der Waals surface area contributed by atoms with E-state index in [4.69, 9.17) is 14.6 Å². The molecule has 4 heterocycles. The fourth-order valence-electron chi connectivity index (χ4n) is 8.93. The van der Waals surface area contributed by atoms with Crippen LogP contribution in [0, 0.1) is 0 Å². The molecule has 71 heavy (non-hydrogen) atoms. The second kappa shape index (κ2) is 20.2. The Morgan fingerprint density at radius 1 is 0.831 bits per heavy atom. The van der Waals surface area contributed by atoms with Crippen molar-refractivity contribution in [3.63, 3.8) is 0 Å². The summed E-state index contributed by atoms with van der Waals surface area (Å²) < 4.78 is 8.13. The van der Waals surface area contributed by atoms with Crippen LogP contribution in [0.3, 0.4) is 0 Å². The van der Waals surface area contributed by atoms with Gasteiger partial charge in [-0.1, -0.05) is 169 Å². The van der Waals surface area contributed by atoms with Gasteiger partial charge < -0.3 is 35.0 Å². The topological polar surface area (TPSA) is 180 Å². The number of aromatic nitrogens is 3. The molecular formula is C55H45N7O7S2. The number of phenols is 2. The monoisotopic (exact) mass is 979 g/mol. The van der Waals surface area contributed by atoms with Crippen molar-refractivity contribution in [3.8, 4) is 11.5 Å². The van der Waals surface area contributed by atoms with Gasteiger partial charge in [0.25, 0.3) is 11.8 Å². The van der Waals surface area contributed by atoms with E-state index in [9.17, 15) is 24.6 Å². The van der Waals surface area contributed by atoms with Crippen molar-refractivity contribution in [1.29, 1.82) is 0 Å². The van der Waals surface area contributed by atoms with E-state index in [1.54, 1.807) is 22.4 Å². The summed E-state index contributed by atoms with van der Waals surface area (Å²) in [6.07, 6.45) is 4.37. The molecule has 354 valence electrons. The van der Waals surface area contributed by atoms with Crippen molar-refractivity contribution in [2.24, 2.45) is 5.16 Å². The maximum atomic E-state index is 14.7. The fourth-order valence-corrected chi connectivity index (χ4v) is 11.0. The predicted octanol–water partition coefficient (Wildman–Crippen LogP) is 8.90. The first kappa shape index (κ1) is 46.3. The number of oxime groups is 1. The fraction of sp³-hybridized carbons (Fsp3) is 0.127. The molecule has 2 aromatic heterocycles. The van der Waals surface area contributed by atoms with Gasteiger partial charge in [0.2, 0.25) is 0 Å². The van der Waals surface area contributed by atoms with Crippen LogP contribution in [0.4, 0.5) is 5.13 Å². The first-order chi connectivity index (χ1) is 34.7. The van der Waals surface area contributed by atoms with Crippen LogP contribution < -0.4 is 10.6 Å². The lowest BCUT2D eigenvalue weighted by Gasteiger charge is -2.49. The van der Waals surface area contributed by atoms with Crippen molar-refractivity contribution in [2.45, 2.75) is 29.6 Å². The molecule has 4 N–H and O–H groups in total. The number of amides is 2. The summed E-state index contributed by atoms with van der Waals surface area (Å²) in [5.41, 5.74) is 5.24. The molecule has 0 bridgehead atoms. The summed E-state index contributed by atoms with van der Waals surface area (Å²) in [6, 6.07) is 50.7. The van der Waals surface area contributed by atoms with E-state index in [0.29, 0.717) is 21.7 Å². The van der Waals surface area contributed by atoms with E-state index in [1.807, 2.05) is 121 Å². The van der Waals surface area contributed by atoms with E-state index in [1.165, 1.54) is 47.2 Å². The molecule has 6 aromatic carbocycles. The van der Waals surface area contributed by atoms with Gasteiger partial charge in [0.1, 0.15) is 35.5 Å². The normalized spacial score (nSPS) is 15.9. The maximum absolute atomic E-state index is 14.7. The van der Waals surface area contributed by atoms with Crippen LogP contribution >= 0.6 is 23.1 Å². The summed E-state index contributed by atoms with van der Waals surface area (Å²) in [5, 5.41) is 32.4. The number of hydrogen-bond donors (Lipinski definition) is 4. The summed E-state index contributed by atoms with van der Waals surface area (Å²) in [5.74, 6) is -2.21. The number of ether oxygens (including phenoxy) is 1. The van der Waals surface area contributed by atoms with Crippen molar-refractivity contribution in [1.82, 2.24) is 24.8 Å². The minimum Gasteiger partial charge on any atom is -0.504 e. The highest BCUT2D eigenvalue weighted by molar-refractivity contribution is 8.00. The van der Waals surface area contributed by atoms with Gasteiger partial charge in [0.05, 0.1) is 17.4 Å². The highest BCUT2D eigenvalue weighted by Gasteiger charge is 2.55. The number of benzene rings is 6. The van der Waals surface area contributed by atoms with Crippen LogP contribution in [0.5, 0.6) is 11.5 Å². The van der Waals surface area contributed by atoms with Gasteiger partial charge in [-0.15, -0.1) is 23.1 Å². The standard InChI is InChI=1S/C55H45N7O7S2/c1-68-60-46(42-33-71-54(57-42)59-55(38-23-11-4-12-24-38,39-25-13-5-14-26-39)40-27-15-6-16-28-40)50(65)58-47-51(66)62-48(53(67)69-49(35-18-7-2-8-19-35)36-20-9-3-10-21-36)37(32-70-52(47)62)22-17-29-61-34-56-41-30-44(63)45(64)31-43(41)61/h2-28,30-31,33-34,47,49,52,63-64H,29,32H2,1H3,(H,57,59)(H,58,65)/b22-17+,60-46-. The number of nitrogens with zero attached hydrogens (tertiary/aromatic N) is 5. The Hall–Kier alpha value is -8.47. The van der Waals surface area contributed by atoms with Gasteiger partial charge in [-0.2, -0.15) is 0 Å². The van der Waals surface area contributed by atoms with Crippen molar-refractivity contribution in [2.75, 3.05) is 18.2 Å². The summed E-state index contributed by atoms with van der Waals surface area (Å²) in [6.45, 7) is 0.283. The number of thiazole rings is 1. The number of imidazole rings is 1. The van der Waals surface area contributed by atoms with Gasteiger partial charge in [-0.05, 0) is 33.4 Å². The lowest BCUT2D eigenvalue weighted by atomic mass is 9.77. The molecule has 1 saturated heterocycles. The Bertz CT molecular complexity index is 3180. The number of esters is 1. The minimum absolute atomic E-state index is 0.0511. The third kappa shape index (κ3) is 9.13. The molecule has 14 nitrogen and oxygen atoms in total. The molecule has 2 aliphatic rings. The average Bonchev–Trinajstić information content (AvgIpc) is 4.05. The number of thioether (sulfide) groups is 1.